The summed E-state index contributed by atoms with van der Waals surface area (Å²) in [5, 5.41) is 12.5. The fourth-order valence-corrected chi connectivity index (χ4v) is 2.51. The van der Waals surface area contributed by atoms with Crippen LogP contribution in [0.25, 0.3) is 10.9 Å². The fourth-order valence-electron chi connectivity index (χ4n) is 2.51. The van der Waals surface area contributed by atoms with Crippen LogP contribution in [0.2, 0.25) is 0 Å². The molecule has 0 aliphatic carbocycles. The molecule has 0 saturated carbocycles. The maximum Gasteiger partial charge on any atom is 0.261 e. The predicted molar refractivity (Wildman–Crippen MR) is 90.2 cm³/mol. The Morgan fingerprint density at radius 3 is 2.58 bits per heavy atom. The molecule has 0 unspecified atom stereocenters. The van der Waals surface area contributed by atoms with Crippen molar-refractivity contribution in [2.45, 2.75) is 19.7 Å². The number of rotatable bonds is 5. The molecule has 2 aromatic carbocycles. The van der Waals surface area contributed by atoms with Crippen LogP contribution in [0.5, 0.6) is 0 Å². The molecule has 0 aliphatic heterocycles. The largest absolute Gasteiger partial charge is 0.392 e. The van der Waals surface area contributed by atoms with Gasteiger partial charge in [-0.15, -0.1) is 0 Å². The number of fused-ring (bicyclic) bond motifs is 1. The standard InChI is InChI=1S/C18H17N3O3/c22-11-14-6-2-1-5-13(14)9-19-17(23)10-21-12-20-16-8-4-3-7-15(16)18(21)24/h1-8,12,22H,9-11H2,(H,19,23). The van der Waals surface area contributed by atoms with Crippen molar-refractivity contribution in [3.63, 3.8) is 0 Å². The van der Waals surface area contributed by atoms with E-state index in [1.165, 1.54) is 10.9 Å². The van der Waals surface area contributed by atoms with Crippen LogP contribution in [-0.2, 0) is 24.5 Å². The van der Waals surface area contributed by atoms with Crippen LogP contribution in [0.15, 0.2) is 59.7 Å². The molecule has 1 heterocycles. The Bertz CT molecular complexity index is 934. The summed E-state index contributed by atoms with van der Waals surface area (Å²) in [5.41, 5.74) is 1.97. The minimum absolute atomic E-state index is 0.0832. The van der Waals surface area contributed by atoms with Gasteiger partial charge in [-0.3, -0.25) is 14.2 Å². The lowest BCUT2D eigenvalue weighted by Crippen LogP contribution is -2.32. The number of benzene rings is 2. The highest BCUT2D eigenvalue weighted by molar-refractivity contribution is 5.78. The molecule has 6 nitrogen and oxygen atoms in total. The third kappa shape index (κ3) is 3.33. The smallest absolute Gasteiger partial charge is 0.261 e. The van der Waals surface area contributed by atoms with Gasteiger partial charge in [0.15, 0.2) is 0 Å². The van der Waals surface area contributed by atoms with Crippen LogP contribution >= 0.6 is 0 Å². The molecule has 3 rings (SSSR count). The number of nitrogens with one attached hydrogen (secondary N) is 1. The first-order valence-corrected chi connectivity index (χ1v) is 7.57. The van der Waals surface area contributed by atoms with Gasteiger partial charge < -0.3 is 10.4 Å². The first kappa shape index (κ1) is 15.9. The summed E-state index contributed by atoms with van der Waals surface area (Å²) in [5.74, 6) is -0.290. The maximum absolute atomic E-state index is 12.3. The van der Waals surface area contributed by atoms with Gasteiger partial charge in [-0.05, 0) is 23.3 Å². The maximum atomic E-state index is 12.3. The van der Waals surface area contributed by atoms with Gasteiger partial charge in [0.2, 0.25) is 5.91 Å². The minimum atomic E-state index is -0.290. The summed E-state index contributed by atoms with van der Waals surface area (Å²) in [6.45, 7) is 0.114. The van der Waals surface area contributed by atoms with E-state index in [1.54, 1.807) is 24.3 Å². The van der Waals surface area contributed by atoms with E-state index in [0.717, 1.165) is 11.1 Å². The third-order valence-electron chi connectivity index (χ3n) is 3.81. The lowest BCUT2D eigenvalue weighted by atomic mass is 10.1. The summed E-state index contributed by atoms with van der Waals surface area (Å²) >= 11 is 0. The topological polar surface area (TPSA) is 84.2 Å². The lowest BCUT2D eigenvalue weighted by molar-refractivity contribution is -0.121. The van der Waals surface area contributed by atoms with Crippen LogP contribution in [0.4, 0.5) is 0 Å². The molecule has 2 N–H and O–H groups in total. The molecule has 24 heavy (non-hydrogen) atoms. The van der Waals surface area contributed by atoms with Gasteiger partial charge in [0.05, 0.1) is 23.8 Å². The highest BCUT2D eigenvalue weighted by Crippen LogP contribution is 2.08. The Morgan fingerprint density at radius 1 is 1.08 bits per heavy atom. The first-order chi connectivity index (χ1) is 11.7. The number of para-hydroxylation sites is 1. The second-order valence-electron chi connectivity index (χ2n) is 5.40. The van der Waals surface area contributed by atoms with Crippen LogP contribution in [0.3, 0.4) is 0 Å². The summed E-state index contributed by atoms with van der Waals surface area (Å²) in [7, 11) is 0. The minimum Gasteiger partial charge on any atom is -0.392 e. The van der Waals surface area contributed by atoms with Gasteiger partial charge in [0.1, 0.15) is 6.54 Å². The molecule has 0 spiro atoms. The van der Waals surface area contributed by atoms with Crippen molar-refractivity contribution in [1.29, 1.82) is 0 Å². The highest BCUT2D eigenvalue weighted by Gasteiger charge is 2.08. The van der Waals surface area contributed by atoms with Crippen LogP contribution in [-0.4, -0.2) is 20.6 Å². The highest BCUT2D eigenvalue weighted by atomic mass is 16.3. The molecule has 0 fully saturated rings. The Balaban J connectivity index is 1.71. The first-order valence-electron chi connectivity index (χ1n) is 7.57. The predicted octanol–water partition coefficient (Wildman–Crippen LogP) is 1.21. The van der Waals surface area contributed by atoms with E-state index in [2.05, 4.69) is 10.3 Å². The Morgan fingerprint density at radius 2 is 1.79 bits per heavy atom. The zero-order chi connectivity index (χ0) is 16.9. The number of amides is 1. The third-order valence-corrected chi connectivity index (χ3v) is 3.81. The van der Waals surface area contributed by atoms with Crippen LogP contribution in [0.1, 0.15) is 11.1 Å². The molecule has 0 bridgehead atoms. The van der Waals surface area contributed by atoms with E-state index >= 15 is 0 Å². The monoisotopic (exact) mass is 323 g/mol. The average Bonchev–Trinajstić information content (AvgIpc) is 2.63. The van der Waals surface area contributed by atoms with E-state index in [-0.39, 0.29) is 24.6 Å². The normalized spacial score (nSPS) is 10.7. The van der Waals surface area contributed by atoms with Crippen molar-refractivity contribution < 1.29 is 9.90 Å². The average molecular weight is 323 g/mol. The van der Waals surface area contributed by atoms with Crippen molar-refractivity contribution in [2.75, 3.05) is 0 Å². The molecule has 6 heteroatoms. The number of carbonyl (C=O) groups excluding carboxylic acids is 1. The number of hydrogen-bond donors (Lipinski definition) is 2. The van der Waals surface area contributed by atoms with Gasteiger partial charge in [-0.25, -0.2) is 4.98 Å². The number of aromatic nitrogens is 2. The molecule has 1 aromatic heterocycles. The molecule has 3 aromatic rings. The Labute approximate surface area is 138 Å². The van der Waals surface area contributed by atoms with Gasteiger partial charge >= 0.3 is 0 Å². The molecule has 0 saturated heterocycles. The number of aliphatic hydroxyl groups excluding tert-OH is 1. The van der Waals surface area contributed by atoms with Gasteiger partial charge in [-0.2, -0.15) is 0 Å². The fraction of sp³-hybridized carbons (Fsp3) is 0.167. The number of carbonyl (C=O) groups is 1. The van der Waals surface area contributed by atoms with Gasteiger partial charge in [0.25, 0.3) is 5.56 Å². The molecule has 0 radical (unpaired) electrons. The van der Waals surface area contributed by atoms with Crippen LogP contribution < -0.4 is 10.9 Å². The molecular formula is C18H17N3O3. The summed E-state index contributed by atoms with van der Waals surface area (Å²) < 4.78 is 1.29. The van der Waals surface area contributed by atoms with E-state index < -0.39 is 0 Å². The zero-order valence-electron chi connectivity index (χ0n) is 13.0. The van der Waals surface area contributed by atoms with Crippen molar-refractivity contribution in [2.24, 2.45) is 0 Å². The molecular weight excluding hydrogens is 306 g/mol. The van der Waals surface area contributed by atoms with E-state index in [9.17, 15) is 14.7 Å². The summed E-state index contributed by atoms with van der Waals surface area (Å²) in [6.07, 6.45) is 1.38. The van der Waals surface area contributed by atoms with Crippen molar-refractivity contribution in [1.82, 2.24) is 14.9 Å². The Hall–Kier alpha value is -2.99. The van der Waals surface area contributed by atoms with E-state index in [1.807, 2.05) is 24.3 Å². The quantitative estimate of drug-likeness (QED) is 0.739. The van der Waals surface area contributed by atoms with Crippen molar-refractivity contribution in [3.8, 4) is 0 Å². The van der Waals surface area contributed by atoms with Gasteiger partial charge in [0, 0.05) is 6.54 Å². The van der Waals surface area contributed by atoms with E-state index in [0.29, 0.717) is 17.4 Å². The molecule has 1 amide bonds. The second kappa shape index (κ2) is 7.06. The second-order valence-corrected chi connectivity index (χ2v) is 5.40. The molecule has 122 valence electrons. The van der Waals surface area contributed by atoms with E-state index in [4.69, 9.17) is 0 Å². The van der Waals surface area contributed by atoms with Gasteiger partial charge in [-0.1, -0.05) is 36.4 Å². The lowest BCUT2D eigenvalue weighted by Gasteiger charge is -2.10. The molecule has 0 atom stereocenters. The SMILES string of the molecule is O=C(Cn1cnc2ccccc2c1=O)NCc1ccccc1CO. The number of aliphatic hydroxyl groups is 1. The van der Waals surface area contributed by atoms with Crippen molar-refractivity contribution >= 4 is 16.8 Å². The number of hydrogen-bond acceptors (Lipinski definition) is 4. The summed E-state index contributed by atoms with van der Waals surface area (Å²) in [6, 6.07) is 14.3. The molecule has 0 aliphatic rings. The zero-order valence-corrected chi connectivity index (χ0v) is 13.0. The van der Waals surface area contributed by atoms with Crippen LogP contribution in [0, 0.1) is 0 Å². The van der Waals surface area contributed by atoms with Crippen molar-refractivity contribution in [3.05, 3.63) is 76.3 Å². The summed E-state index contributed by atoms with van der Waals surface area (Å²) in [4.78, 5) is 28.7. The number of nitrogens with zero attached hydrogens (tertiary/aromatic N) is 2. The Kier molecular flexibility index (Phi) is 4.67.